The summed E-state index contributed by atoms with van der Waals surface area (Å²) in [6.45, 7) is 2.94. The van der Waals surface area contributed by atoms with E-state index in [0.717, 1.165) is 31.5 Å². The van der Waals surface area contributed by atoms with Crippen molar-refractivity contribution in [3.63, 3.8) is 0 Å². The van der Waals surface area contributed by atoms with Crippen molar-refractivity contribution in [2.45, 2.75) is 32.2 Å². The van der Waals surface area contributed by atoms with Crippen LogP contribution in [-0.2, 0) is 4.79 Å². The van der Waals surface area contributed by atoms with Crippen molar-refractivity contribution in [3.05, 3.63) is 41.9 Å². The lowest BCUT2D eigenvalue weighted by molar-refractivity contribution is -0.120. The minimum absolute atomic E-state index is 0.0243. The highest BCUT2D eigenvalue weighted by Crippen LogP contribution is 2.31. The third-order valence-electron chi connectivity index (χ3n) is 4.38. The van der Waals surface area contributed by atoms with Gasteiger partial charge in [-0.15, -0.1) is 0 Å². The maximum Gasteiger partial charge on any atom is 0.231 e. The third kappa shape index (κ3) is 4.49. The Balaban J connectivity index is 1.85. The van der Waals surface area contributed by atoms with Crippen molar-refractivity contribution in [2.75, 3.05) is 20.2 Å². The van der Waals surface area contributed by atoms with E-state index < -0.39 is 0 Å². The van der Waals surface area contributed by atoms with Crippen molar-refractivity contribution in [1.29, 1.82) is 0 Å². The first-order valence-corrected chi connectivity index (χ1v) is 8.75. The molecule has 3 rings (SSSR count). The zero-order valence-electron chi connectivity index (χ0n) is 15.1. The Morgan fingerprint density at radius 2 is 2.08 bits per heavy atom. The number of benzene rings is 1. The van der Waals surface area contributed by atoms with Crippen LogP contribution >= 0.6 is 0 Å². The number of piperidine rings is 1. The standard InChI is InChI=1S/C19H24N4O3/c1-13-10-18(26-15-7-5-6-14(11-15)25-2)22-19(21-13)16-8-3-4-9-23(16)12-17(20)24/h5-7,10-11,16H,3-4,8-9,12H2,1-2H3,(H2,20,24). The number of ether oxygens (including phenoxy) is 2. The van der Waals surface area contributed by atoms with E-state index in [0.29, 0.717) is 23.2 Å². The van der Waals surface area contributed by atoms with E-state index in [4.69, 9.17) is 15.2 Å². The van der Waals surface area contributed by atoms with Crippen LogP contribution in [0.1, 0.15) is 36.8 Å². The van der Waals surface area contributed by atoms with Gasteiger partial charge in [0.15, 0.2) is 0 Å². The van der Waals surface area contributed by atoms with Crippen LogP contribution < -0.4 is 15.2 Å². The number of nitrogens with zero attached hydrogens (tertiary/aromatic N) is 3. The van der Waals surface area contributed by atoms with Gasteiger partial charge in [-0.2, -0.15) is 4.98 Å². The number of aromatic nitrogens is 2. The monoisotopic (exact) mass is 356 g/mol. The Kier molecular flexibility index (Phi) is 5.68. The maximum atomic E-state index is 11.4. The summed E-state index contributed by atoms with van der Waals surface area (Å²) < 4.78 is 11.1. The normalized spacial score (nSPS) is 17.7. The van der Waals surface area contributed by atoms with Gasteiger partial charge < -0.3 is 15.2 Å². The Bertz CT molecular complexity index is 781. The number of methoxy groups -OCH3 is 1. The topological polar surface area (TPSA) is 90.6 Å². The Hall–Kier alpha value is -2.67. The first kappa shape index (κ1) is 18.1. The molecule has 138 valence electrons. The van der Waals surface area contributed by atoms with Gasteiger partial charge in [0.25, 0.3) is 0 Å². The number of likely N-dealkylation sites (tertiary alicyclic amines) is 1. The number of rotatable bonds is 6. The van der Waals surface area contributed by atoms with Gasteiger partial charge in [0.1, 0.15) is 17.3 Å². The molecule has 26 heavy (non-hydrogen) atoms. The molecule has 2 heterocycles. The number of nitrogens with two attached hydrogens (primary N) is 1. The molecule has 1 aromatic carbocycles. The fourth-order valence-electron chi connectivity index (χ4n) is 3.22. The molecule has 2 aromatic rings. The smallest absolute Gasteiger partial charge is 0.231 e. The zero-order chi connectivity index (χ0) is 18.5. The second-order valence-electron chi connectivity index (χ2n) is 6.44. The lowest BCUT2D eigenvalue weighted by Crippen LogP contribution is -2.40. The van der Waals surface area contributed by atoms with Crippen LogP contribution in [0, 0.1) is 6.92 Å². The maximum absolute atomic E-state index is 11.4. The van der Waals surface area contributed by atoms with Gasteiger partial charge in [0, 0.05) is 17.8 Å². The van der Waals surface area contributed by atoms with Gasteiger partial charge in [-0.3, -0.25) is 9.69 Å². The number of carbonyl (C=O) groups excluding carboxylic acids is 1. The largest absolute Gasteiger partial charge is 0.497 e. The minimum atomic E-state index is -0.336. The average molecular weight is 356 g/mol. The van der Waals surface area contributed by atoms with Crippen LogP contribution in [0.2, 0.25) is 0 Å². The summed E-state index contributed by atoms with van der Waals surface area (Å²) in [4.78, 5) is 22.6. The summed E-state index contributed by atoms with van der Waals surface area (Å²) in [5.74, 6) is 2.17. The van der Waals surface area contributed by atoms with Gasteiger partial charge in [-0.25, -0.2) is 4.98 Å². The summed E-state index contributed by atoms with van der Waals surface area (Å²) >= 11 is 0. The van der Waals surface area contributed by atoms with Crippen molar-refractivity contribution in [1.82, 2.24) is 14.9 Å². The van der Waals surface area contributed by atoms with E-state index in [1.54, 1.807) is 19.2 Å². The lowest BCUT2D eigenvalue weighted by Gasteiger charge is -2.33. The Morgan fingerprint density at radius 1 is 1.27 bits per heavy atom. The Labute approximate surface area is 153 Å². The predicted octanol–water partition coefficient (Wildman–Crippen LogP) is 2.60. The van der Waals surface area contributed by atoms with E-state index in [1.807, 2.05) is 25.1 Å². The number of aryl methyl sites for hydroxylation is 1. The number of primary amides is 1. The number of amides is 1. The fourth-order valence-corrected chi connectivity index (χ4v) is 3.22. The van der Waals surface area contributed by atoms with E-state index >= 15 is 0 Å². The van der Waals surface area contributed by atoms with Crippen LogP contribution in [0.3, 0.4) is 0 Å². The zero-order valence-corrected chi connectivity index (χ0v) is 15.1. The lowest BCUT2D eigenvalue weighted by atomic mass is 10.0. The summed E-state index contributed by atoms with van der Waals surface area (Å²) in [5, 5.41) is 0. The van der Waals surface area contributed by atoms with Crippen LogP contribution in [0.5, 0.6) is 17.4 Å². The van der Waals surface area contributed by atoms with E-state index in [1.165, 1.54) is 0 Å². The highest BCUT2D eigenvalue weighted by Gasteiger charge is 2.27. The van der Waals surface area contributed by atoms with Gasteiger partial charge >= 0.3 is 0 Å². The predicted molar refractivity (Wildman–Crippen MR) is 97.2 cm³/mol. The summed E-state index contributed by atoms with van der Waals surface area (Å²) in [7, 11) is 1.61. The van der Waals surface area contributed by atoms with Crippen LogP contribution in [0.25, 0.3) is 0 Å². The molecule has 1 aliphatic heterocycles. The van der Waals surface area contributed by atoms with Crippen molar-refractivity contribution in [3.8, 4) is 17.4 Å². The van der Waals surface area contributed by atoms with Gasteiger partial charge in [-0.05, 0) is 38.4 Å². The molecule has 0 saturated carbocycles. The second kappa shape index (κ2) is 8.14. The molecule has 1 atom stereocenters. The van der Waals surface area contributed by atoms with Gasteiger partial charge in [0.2, 0.25) is 11.8 Å². The SMILES string of the molecule is COc1cccc(Oc2cc(C)nc(C3CCCCN3CC(N)=O)n2)c1. The molecule has 1 aromatic heterocycles. The van der Waals surface area contributed by atoms with Crippen LogP contribution in [0.15, 0.2) is 30.3 Å². The molecule has 0 radical (unpaired) electrons. The molecule has 1 amide bonds. The highest BCUT2D eigenvalue weighted by molar-refractivity contribution is 5.76. The average Bonchev–Trinajstić information content (AvgIpc) is 2.61. The van der Waals surface area contributed by atoms with E-state index in [2.05, 4.69) is 14.9 Å². The molecular formula is C19H24N4O3. The molecule has 1 unspecified atom stereocenters. The molecule has 0 spiro atoms. The first-order chi connectivity index (χ1) is 12.5. The molecule has 7 heteroatoms. The molecular weight excluding hydrogens is 332 g/mol. The molecule has 0 bridgehead atoms. The van der Waals surface area contributed by atoms with Crippen molar-refractivity contribution < 1.29 is 14.3 Å². The quantitative estimate of drug-likeness (QED) is 0.855. The van der Waals surface area contributed by atoms with E-state index in [-0.39, 0.29) is 18.5 Å². The second-order valence-corrected chi connectivity index (χ2v) is 6.44. The van der Waals surface area contributed by atoms with Crippen LogP contribution in [-0.4, -0.2) is 41.0 Å². The minimum Gasteiger partial charge on any atom is -0.497 e. The summed E-state index contributed by atoms with van der Waals surface area (Å²) in [5.41, 5.74) is 6.21. The van der Waals surface area contributed by atoms with Crippen LogP contribution in [0.4, 0.5) is 0 Å². The Morgan fingerprint density at radius 3 is 2.85 bits per heavy atom. The molecule has 2 N–H and O–H groups in total. The van der Waals surface area contributed by atoms with E-state index in [9.17, 15) is 4.79 Å². The molecule has 1 saturated heterocycles. The molecule has 1 aliphatic rings. The number of hydrogen-bond donors (Lipinski definition) is 1. The molecule has 7 nitrogen and oxygen atoms in total. The summed E-state index contributed by atoms with van der Waals surface area (Å²) in [6.07, 6.45) is 3.02. The molecule has 0 aliphatic carbocycles. The van der Waals surface area contributed by atoms with Crippen molar-refractivity contribution in [2.24, 2.45) is 5.73 Å². The van der Waals surface area contributed by atoms with Gasteiger partial charge in [0.05, 0.1) is 19.7 Å². The fraction of sp³-hybridized carbons (Fsp3) is 0.421. The number of hydrogen-bond acceptors (Lipinski definition) is 6. The first-order valence-electron chi connectivity index (χ1n) is 8.75. The summed E-state index contributed by atoms with van der Waals surface area (Å²) in [6, 6.07) is 9.14. The number of carbonyl (C=O) groups is 1. The molecule has 1 fully saturated rings. The van der Waals surface area contributed by atoms with Gasteiger partial charge in [-0.1, -0.05) is 12.5 Å². The third-order valence-corrected chi connectivity index (χ3v) is 4.38. The van der Waals surface area contributed by atoms with Crippen molar-refractivity contribution >= 4 is 5.91 Å². The highest BCUT2D eigenvalue weighted by atomic mass is 16.5.